The maximum Gasteiger partial charge on any atom is 0.123 e. The lowest BCUT2D eigenvalue weighted by molar-refractivity contribution is 0.626. The van der Waals surface area contributed by atoms with Crippen molar-refractivity contribution < 1.29 is 8.78 Å². The fraction of sp³-hybridized carbons (Fsp3) is 0.455. The zero-order chi connectivity index (χ0) is 17.7. The van der Waals surface area contributed by atoms with Crippen molar-refractivity contribution in [2.24, 2.45) is 0 Å². The highest BCUT2D eigenvalue weighted by Gasteiger charge is 1.97. The second kappa shape index (κ2) is 12.1. The maximum atomic E-state index is 12.8. The van der Waals surface area contributed by atoms with E-state index in [9.17, 15) is 8.78 Å². The lowest BCUT2D eigenvalue weighted by atomic mass is 10.1. The molecule has 0 fully saturated rings. The standard InChI is InChI=1S/C22H28F2S/c23-21-13-9-19(10-14-21)7-3-1-5-17-25-18-6-2-4-8-20-11-15-22(24)16-12-20/h9-16H,1-8,17-18H2. The average molecular weight is 363 g/mol. The van der Waals surface area contributed by atoms with Crippen molar-refractivity contribution in [1.29, 1.82) is 0 Å². The van der Waals surface area contributed by atoms with Crippen LogP contribution in [0.25, 0.3) is 0 Å². The Morgan fingerprint density at radius 1 is 0.520 bits per heavy atom. The molecule has 0 radical (unpaired) electrons. The number of thioether (sulfide) groups is 1. The van der Waals surface area contributed by atoms with Gasteiger partial charge in [0.25, 0.3) is 0 Å². The number of hydrogen-bond acceptors (Lipinski definition) is 1. The second-order valence-corrected chi connectivity index (χ2v) is 7.71. The van der Waals surface area contributed by atoms with Crippen molar-refractivity contribution in [2.45, 2.75) is 51.4 Å². The van der Waals surface area contributed by atoms with E-state index in [-0.39, 0.29) is 11.6 Å². The third-order valence-corrected chi connectivity index (χ3v) is 5.49. The Balaban J connectivity index is 1.37. The molecule has 0 N–H and O–H groups in total. The molecule has 0 heterocycles. The normalized spacial score (nSPS) is 11.0. The summed E-state index contributed by atoms with van der Waals surface area (Å²) in [5, 5.41) is 0. The zero-order valence-electron chi connectivity index (χ0n) is 14.9. The minimum absolute atomic E-state index is 0.155. The number of unbranched alkanes of at least 4 members (excludes halogenated alkanes) is 4. The van der Waals surface area contributed by atoms with E-state index >= 15 is 0 Å². The van der Waals surface area contributed by atoms with E-state index in [0.717, 1.165) is 12.8 Å². The Bertz CT molecular complexity index is 524. The average Bonchev–Trinajstić information content (AvgIpc) is 2.63. The van der Waals surface area contributed by atoms with Gasteiger partial charge in [0.2, 0.25) is 0 Å². The predicted molar refractivity (Wildman–Crippen MR) is 105 cm³/mol. The summed E-state index contributed by atoms with van der Waals surface area (Å²) < 4.78 is 25.6. The number of aryl methyl sites for hydroxylation is 2. The van der Waals surface area contributed by atoms with Gasteiger partial charge in [0.1, 0.15) is 11.6 Å². The van der Waals surface area contributed by atoms with Gasteiger partial charge < -0.3 is 0 Å². The molecule has 0 amide bonds. The molecule has 0 nitrogen and oxygen atoms in total. The number of hydrogen-bond donors (Lipinski definition) is 0. The number of rotatable bonds is 12. The minimum Gasteiger partial charge on any atom is -0.207 e. The molecule has 0 unspecified atom stereocenters. The molecule has 2 aromatic rings. The first-order valence-corrected chi connectivity index (χ1v) is 10.5. The largest absolute Gasteiger partial charge is 0.207 e. The van der Waals surface area contributed by atoms with E-state index in [1.165, 1.54) is 61.2 Å². The smallest absolute Gasteiger partial charge is 0.123 e. The van der Waals surface area contributed by atoms with Gasteiger partial charge in [0.15, 0.2) is 0 Å². The Morgan fingerprint density at radius 2 is 0.920 bits per heavy atom. The van der Waals surface area contributed by atoms with E-state index in [4.69, 9.17) is 0 Å². The van der Waals surface area contributed by atoms with Gasteiger partial charge in [-0.25, -0.2) is 8.78 Å². The van der Waals surface area contributed by atoms with Gasteiger partial charge in [-0.3, -0.25) is 0 Å². The molecule has 2 rings (SSSR count). The molecule has 2 aromatic carbocycles. The first-order valence-electron chi connectivity index (χ1n) is 9.31. The van der Waals surface area contributed by atoms with Crippen LogP contribution in [-0.4, -0.2) is 11.5 Å². The minimum atomic E-state index is -0.155. The lowest BCUT2D eigenvalue weighted by Crippen LogP contribution is -1.90. The van der Waals surface area contributed by atoms with Crippen LogP contribution in [0.1, 0.15) is 49.7 Å². The van der Waals surface area contributed by atoms with Crippen molar-refractivity contribution in [3.8, 4) is 0 Å². The van der Waals surface area contributed by atoms with Crippen LogP contribution in [0.15, 0.2) is 48.5 Å². The maximum absolute atomic E-state index is 12.8. The summed E-state index contributed by atoms with van der Waals surface area (Å²) in [4.78, 5) is 0. The molecule has 25 heavy (non-hydrogen) atoms. The molecule has 0 spiro atoms. The van der Waals surface area contributed by atoms with Crippen LogP contribution in [0.4, 0.5) is 8.78 Å². The molecule has 0 aliphatic carbocycles. The Hall–Kier alpha value is -1.35. The molecule has 0 saturated heterocycles. The van der Waals surface area contributed by atoms with Crippen LogP contribution in [0.2, 0.25) is 0 Å². The van der Waals surface area contributed by atoms with Gasteiger partial charge >= 0.3 is 0 Å². The van der Waals surface area contributed by atoms with E-state index in [1.807, 2.05) is 24.3 Å². The summed E-state index contributed by atoms with van der Waals surface area (Å²) in [5.74, 6) is 2.17. The van der Waals surface area contributed by atoms with Crippen molar-refractivity contribution in [1.82, 2.24) is 0 Å². The zero-order valence-corrected chi connectivity index (χ0v) is 15.7. The fourth-order valence-electron chi connectivity index (χ4n) is 2.82. The molecular formula is C22H28F2S. The summed E-state index contributed by atoms with van der Waals surface area (Å²) in [7, 11) is 0. The Labute approximate surface area is 155 Å². The van der Waals surface area contributed by atoms with Crippen molar-refractivity contribution in [3.05, 3.63) is 71.3 Å². The predicted octanol–water partition coefficient (Wildman–Crippen LogP) is 6.82. The third-order valence-electron chi connectivity index (χ3n) is 4.33. The highest BCUT2D eigenvalue weighted by Crippen LogP contribution is 2.14. The topological polar surface area (TPSA) is 0 Å². The van der Waals surface area contributed by atoms with Gasteiger partial charge in [-0.05, 0) is 85.4 Å². The van der Waals surface area contributed by atoms with E-state index in [2.05, 4.69) is 11.8 Å². The van der Waals surface area contributed by atoms with Gasteiger partial charge in [-0.15, -0.1) is 0 Å². The second-order valence-electron chi connectivity index (χ2n) is 6.49. The van der Waals surface area contributed by atoms with Crippen molar-refractivity contribution in [2.75, 3.05) is 11.5 Å². The molecule has 0 atom stereocenters. The third kappa shape index (κ3) is 9.06. The highest BCUT2D eigenvalue weighted by atomic mass is 32.2. The quantitative estimate of drug-likeness (QED) is 0.373. The monoisotopic (exact) mass is 362 g/mol. The van der Waals surface area contributed by atoms with Gasteiger partial charge in [-0.2, -0.15) is 11.8 Å². The van der Waals surface area contributed by atoms with Gasteiger partial charge in [-0.1, -0.05) is 37.1 Å². The highest BCUT2D eigenvalue weighted by molar-refractivity contribution is 7.99. The fourth-order valence-corrected chi connectivity index (χ4v) is 3.84. The summed E-state index contributed by atoms with van der Waals surface area (Å²) in [6.07, 6.45) is 9.49. The summed E-state index contributed by atoms with van der Waals surface area (Å²) >= 11 is 2.05. The molecular weight excluding hydrogens is 334 g/mol. The first-order chi connectivity index (χ1) is 12.2. The molecule has 0 aromatic heterocycles. The van der Waals surface area contributed by atoms with Crippen LogP contribution in [0.5, 0.6) is 0 Å². The van der Waals surface area contributed by atoms with Crippen LogP contribution < -0.4 is 0 Å². The number of halogens is 2. The van der Waals surface area contributed by atoms with E-state index < -0.39 is 0 Å². The molecule has 0 aliphatic heterocycles. The summed E-state index contributed by atoms with van der Waals surface area (Å²) in [6.45, 7) is 0. The Kier molecular flexibility index (Phi) is 9.65. The van der Waals surface area contributed by atoms with Gasteiger partial charge in [0.05, 0.1) is 0 Å². The van der Waals surface area contributed by atoms with Crippen LogP contribution in [-0.2, 0) is 12.8 Å². The van der Waals surface area contributed by atoms with E-state index in [0.29, 0.717) is 0 Å². The van der Waals surface area contributed by atoms with E-state index in [1.54, 1.807) is 24.3 Å². The Morgan fingerprint density at radius 3 is 1.32 bits per heavy atom. The summed E-state index contributed by atoms with van der Waals surface area (Å²) in [6, 6.07) is 13.7. The van der Waals surface area contributed by atoms with Crippen molar-refractivity contribution in [3.63, 3.8) is 0 Å². The van der Waals surface area contributed by atoms with Crippen LogP contribution >= 0.6 is 11.8 Å². The molecule has 3 heteroatoms. The van der Waals surface area contributed by atoms with Crippen LogP contribution in [0, 0.1) is 11.6 Å². The molecule has 0 bridgehead atoms. The van der Waals surface area contributed by atoms with Crippen LogP contribution in [0.3, 0.4) is 0 Å². The summed E-state index contributed by atoms with van der Waals surface area (Å²) in [5.41, 5.74) is 2.46. The molecule has 0 aliphatic rings. The molecule has 136 valence electrons. The van der Waals surface area contributed by atoms with Gasteiger partial charge in [0, 0.05) is 0 Å². The first kappa shape index (κ1) is 20.0. The SMILES string of the molecule is Fc1ccc(CCCCCSCCCCCc2ccc(F)cc2)cc1. The molecule has 0 saturated carbocycles. The number of benzene rings is 2. The van der Waals surface area contributed by atoms with Crippen molar-refractivity contribution >= 4 is 11.8 Å². The lowest BCUT2D eigenvalue weighted by Gasteiger charge is -2.04.